The van der Waals surface area contributed by atoms with Gasteiger partial charge in [-0.2, -0.15) is 0 Å². The number of anilines is 1. The molecule has 0 radical (unpaired) electrons. The summed E-state index contributed by atoms with van der Waals surface area (Å²) in [5.74, 6) is -1.06. The van der Waals surface area contributed by atoms with E-state index in [0.29, 0.717) is 12.2 Å². The summed E-state index contributed by atoms with van der Waals surface area (Å²) in [6, 6.07) is 6.07. The summed E-state index contributed by atoms with van der Waals surface area (Å²) in [7, 11) is 0. The molecule has 1 aromatic rings. The molecule has 0 aliphatic heterocycles. The molecule has 0 heterocycles. The molecule has 5 heteroatoms. The third kappa shape index (κ3) is 2.29. The summed E-state index contributed by atoms with van der Waals surface area (Å²) in [6.07, 6.45) is 1.64. The first-order valence-corrected chi connectivity index (χ1v) is 5.42. The third-order valence-electron chi connectivity index (χ3n) is 3.12. The molecule has 1 saturated carbocycles. The van der Waals surface area contributed by atoms with Gasteiger partial charge in [0.25, 0.3) is 0 Å². The van der Waals surface area contributed by atoms with E-state index in [9.17, 15) is 9.59 Å². The Morgan fingerprint density at radius 3 is 2.29 bits per heavy atom. The Bertz CT molecular complexity index is 449. The monoisotopic (exact) mass is 234 g/mol. The lowest BCUT2D eigenvalue weighted by Crippen LogP contribution is -2.30. The summed E-state index contributed by atoms with van der Waals surface area (Å²) < 4.78 is 0. The number of carbonyl (C=O) groups is 2. The molecule has 5 nitrogen and oxygen atoms in total. The van der Waals surface area contributed by atoms with Crippen molar-refractivity contribution < 1.29 is 14.7 Å². The van der Waals surface area contributed by atoms with Crippen molar-refractivity contribution in [2.45, 2.75) is 12.8 Å². The lowest BCUT2D eigenvalue weighted by atomic mass is 10.1. The average Bonchev–Trinajstić information content (AvgIpc) is 3.10. The molecule has 0 unspecified atom stereocenters. The van der Waals surface area contributed by atoms with Crippen molar-refractivity contribution in [1.82, 2.24) is 0 Å². The van der Waals surface area contributed by atoms with Gasteiger partial charge in [-0.15, -0.1) is 0 Å². The van der Waals surface area contributed by atoms with Crippen molar-refractivity contribution in [2.24, 2.45) is 11.1 Å². The first kappa shape index (κ1) is 11.6. The highest BCUT2D eigenvalue weighted by molar-refractivity contribution is 5.97. The summed E-state index contributed by atoms with van der Waals surface area (Å²) >= 11 is 0. The predicted octanol–water partition coefficient (Wildman–Crippen LogP) is 1.06. The van der Waals surface area contributed by atoms with Crippen molar-refractivity contribution in [3.63, 3.8) is 0 Å². The topological polar surface area (TPSA) is 92.4 Å². The molecule has 1 aliphatic carbocycles. The maximum Gasteiger partial charge on any atom is 0.335 e. The zero-order chi connectivity index (χ0) is 12.5. The number of amides is 1. The van der Waals surface area contributed by atoms with E-state index in [0.717, 1.165) is 12.8 Å². The van der Waals surface area contributed by atoms with Gasteiger partial charge in [-0.3, -0.25) is 4.79 Å². The minimum absolute atomic E-state index is 0.0805. The molecule has 0 aromatic heterocycles. The Hall–Kier alpha value is -1.88. The van der Waals surface area contributed by atoms with Crippen LogP contribution in [0.3, 0.4) is 0 Å². The zero-order valence-corrected chi connectivity index (χ0v) is 9.27. The van der Waals surface area contributed by atoms with Crippen LogP contribution in [-0.4, -0.2) is 23.5 Å². The molecule has 17 heavy (non-hydrogen) atoms. The van der Waals surface area contributed by atoms with Gasteiger partial charge in [-0.25, -0.2) is 4.79 Å². The highest BCUT2D eigenvalue weighted by Crippen LogP contribution is 2.45. The van der Waals surface area contributed by atoms with Gasteiger partial charge in [-0.1, -0.05) is 0 Å². The van der Waals surface area contributed by atoms with Gasteiger partial charge < -0.3 is 16.2 Å². The fourth-order valence-corrected chi connectivity index (χ4v) is 1.63. The molecule has 4 N–H and O–H groups in total. The van der Waals surface area contributed by atoms with Crippen LogP contribution in [0.1, 0.15) is 23.2 Å². The number of benzene rings is 1. The molecule has 0 spiro atoms. The van der Waals surface area contributed by atoms with Gasteiger partial charge in [0.1, 0.15) is 0 Å². The Morgan fingerprint density at radius 2 is 1.88 bits per heavy atom. The Kier molecular flexibility index (Phi) is 2.85. The van der Waals surface area contributed by atoms with Gasteiger partial charge in [0.15, 0.2) is 0 Å². The van der Waals surface area contributed by atoms with Gasteiger partial charge in [0.2, 0.25) is 5.91 Å². The van der Waals surface area contributed by atoms with Gasteiger partial charge in [0.05, 0.1) is 11.0 Å². The van der Waals surface area contributed by atoms with E-state index in [1.165, 1.54) is 12.1 Å². The summed E-state index contributed by atoms with van der Waals surface area (Å²) in [6.45, 7) is 0.353. The quantitative estimate of drug-likeness (QED) is 0.726. The van der Waals surface area contributed by atoms with Crippen LogP contribution >= 0.6 is 0 Å². The van der Waals surface area contributed by atoms with Gasteiger partial charge in [-0.05, 0) is 37.1 Å². The first-order valence-electron chi connectivity index (χ1n) is 5.42. The Balaban J connectivity index is 2.04. The molecule has 0 saturated heterocycles. The van der Waals surface area contributed by atoms with E-state index in [2.05, 4.69) is 5.32 Å². The number of hydrogen-bond acceptors (Lipinski definition) is 3. The SMILES string of the molecule is NCC1(C(=O)Nc2ccc(C(=O)O)cc2)CC1. The molecule has 1 aromatic carbocycles. The maximum atomic E-state index is 11.8. The largest absolute Gasteiger partial charge is 0.478 e. The van der Waals surface area contributed by atoms with Crippen LogP contribution in [0.15, 0.2) is 24.3 Å². The third-order valence-corrected chi connectivity index (χ3v) is 3.12. The highest BCUT2D eigenvalue weighted by Gasteiger charge is 2.48. The molecule has 1 amide bonds. The van der Waals surface area contributed by atoms with E-state index >= 15 is 0 Å². The number of aromatic carboxylic acids is 1. The summed E-state index contributed by atoms with van der Waals surface area (Å²) in [5, 5.41) is 11.5. The van der Waals surface area contributed by atoms with E-state index in [1.54, 1.807) is 12.1 Å². The minimum atomic E-state index is -0.983. The van der Waals surface area contributed by atoms with Crippen molar-refractivity contribution in [3.05, 3.63) is 29.8 Å². The second-order valence-electron chi connectivity index (χ2n) is 4.32. The number of nitrogens with two attached hydrogens (primary N) is 1. The number of rotatable bonds is 4. The number of carboxylic acids is 1. The smallest absolute Gasteiger partial charge is 0.335 e. The Labute approximate surface area is 98.6 Å². The van der Waals surface area contributed by atoms with Crippen molar-refractivity contribution >= 4 is 17.6 Å². The fourth-order valence-electron chi connectivity index (χ4n) is 1.63. The zero-order valence-electron chi connectivity index (χ0n) is 9.27. The van der Waals surface area contributed by atoms with Crippen molar-refractivity contribution in [1.29, 1.82) is 0 Å². The lowest BCUT2D eigenvalue weighted by molar-refractivity contribution is -0.120. The van der Waals surface area contributed by atoms with Gasteiger partial charge >= 0.3 is 5.97 Å². The van der Waals surface area contributed by atoms with Crippen LogP contribution in [0, 0.1) is 5.41 Å². The molecule has 2 rings (SSSR count). The van der Waals surface area contributed by atoms with Crippen molar-refractivity contribution in [2.75, 3.05) is 11.9 Å². The lowest BCUT2D eigenvalue weighted by Gasteiger charge is -2.12. The minimum Gasteiger partial charge on any atom is -0.478 e. The molecular weight excluding hydrogens is 220 g/mol. The highest BCUT2D eigenvalue weighted by atomic mass is 16.4. The van der Waals surface area contributed by atoms with Gasteiger partial charge in [0, 0.05) is 12.2 Å². The van der Waals surface area contributed by atoms with Crippen LogP contribution in [0.2, 0.25) is 0 Å². The molecular formula is C12H14N2O3. The van der Waals surface area contributed by atoms with Crippen LogP contribution < -0.4 is 11.1 Å². The van der Waals surface area contributed by atoms with Crippen molar-refractivity contribution in [3.8, 4) is 0 Å². The van der Waals surface area contributed by atoms with Crippen LogP contribution in [0.25, 0.3) is 0 Å². The first-order chi connectivity index (χ1) is 8.07. The van der Waals surface area contributed by atoms with E-state index < -0.39 is 11.4 Å². The maximum absolute atomic E-state index is 11.8. The molecule has 1 aliphatic rings. The fraction of sp³-hybridized carbons (Fsp3) is 0.333. The second kappa shape index (κ2) is 4.18. The standard InChI is InChI=1S/C12H14N2O3/c13-7-12(5-6-12)11(17)14-9-3-1-8(2-4-9)10(15)16/h1-4H,5-7,13H2,(H,14,17)(H,15,16). The number of carboxylic acid groups (broad SMARTS) is 1. The predicted molar refractivity (Wildman–Crippen MR) is 62.8 cm³/mol. The molecule has 90 valence electrons. The van der Waals surface area contributed by atoms with E-state index in [1.807, 2.05) is 0 Å². The molecule has 0 bridgehead atoms. The summed E-state index contributed by atoms with van der Waals surface area (Å²) in [5.41, 5.74) is 5.95. The normalized spacial score (nSPS) is 16.3. The van der Waals surface area contributed by atoms with Crippen LogP contribution in [0.5, 0.6) is 0 Å². The number of hydrogen-bond donors (Lipinski definition) is 3. The second-order valence-corrected chi connectivity index (χ2v) is 4.32. The number of carbonyl (C=O) groups excluding carboxylic acids is 1. The van der Waals surface area contributed by atoms with E-state index in [-0.39, 0.29) is 11.5 Å². The van der Waals surface area contributed by atoms with Crippen LogP contribution in [-0.2, 0) is 4.79 Å². The molecule has 0 atom stereocenters. The average molecular weight is 234 g/mol. The number of nitrogens with one attached hydrogen (secondary N) is 1. The van der Waals surface area contributed by atoms with E-state index in [4.69, 9.17) is 10.8 Å². The van der Waals surface area contributed by atoms with Crippen LogP contribution in [0.4, 0.5) is 5.69 Å². The molecule has 1 fully saturated rings. The Morgan fingerprint density at radius 1 is 1.29 bits per heavy atom. The summed E-state index contributed by atoms with van der Waals surface area (Å²) in [4.78, 5) is 22.5.